The molecule has 0 unspecified atom stereocenters. The predicted octanol–water partition coefficient (Wildman–Crippen LogP) is 3.59. The summed E-state index contributed by atoms with van der Waals surface area (Å²) in [7, 11) is 0. The molecule has 0 amide bonds. The van der Waals surface area contributed by atoms with Crippen molar-refractivity contribution in [1.82, 2.24) is 0 Å². The third-order valence-electron chi connectivity index (χ3n) is 1.32. The fourth-order valence-electron chi connectivity index (χ4n) is 0.757. The first-order chi connectivity index (χ1) is 6.18. The van der Waals surface area contributed by atoms with Gasteiger partial charge in [0.05, 0.1) is 0 Å². The lowest BCUT2D eigenvalue weighted by Gasteiger charge is -1.99. The van der Waals surface area contributed by atoms with Crippen LogP contribution in [0.25, 0.3) is 0 Å². The summed E-state index contributed by atoms with van der Waals surface area (Å²) < 4.78 is 1.03. The van der Waals surface area contributed by atoms with Gasteiger partial charge in [-0.2, -0.15) is 0 Å². The molecule has 0 radical (unpaired) electrons. The lowest BCUT2D eigenvalue weighted by atomic mass is 10.3. The van der Waals surface area contributed by atoms with Crippen LogP contribution in [0.2, 0.25) is 0 Å². The Labute approximate surface area is 90.2 Å². The van der Waals surface area contributed by atoms with Crippen LogP contribution in [0.15, 0.2) is 41.0 Å². The Morgan fingerprint density at radius 2 is 2.00 bits per heavy atom. The maximum absolute atomic E-state index is 6.93. The first kappa shape index (κ1) is 10.3. The third-order valence-corrected chi connectivity index (χ3v) is 1.98. The molecular weight excluding hydrogens is 251 g/mol. The lowest BCUT2D eigenvalue weighted by molar-refractivity contribution is 1.54. The highest BCUT2D eigenvalue weighted by molar-refractivity contribution is 9.10. The van der Waals surface area contributed by atoms with Crippen molar-refractivity contribution in [2.75, 3.05) is 5.32 Å². The fourth-order valence-corrected chi connectivity index (χ4v) is 1.08. The Morgan fingerprint density at radius 3 is 2.54 bits per heavy atom. The standard InChI is InChI=1S/C9H8BrClN2/c10-7-1-3-8(4-2-7)13-6-5-9(11)12/h1-6,12-13H/b6-5-,12-9?. The average Bonchev–Trinajstić information content (AvgIpc) is 2.08. The molecule has 1 aromatic carbocycles. The van der Waals surface area contributed by atoms with Gasteiger partial charge < -0.3 is 5.32 Å². The molecule has 2 nitrogen and oxygen atoms in total. The van der Waals surface area contributed by atoms with E-state index in [1.165, 1.54) is 6.08 Å². The van der Waals surface area contributed by atoms with E-state index in [0.29, 0.717) is 0 Å². The van der Waals surface area contributed by atoms with E-state index in [4.69, 9.17) is 17.0 Å². The van der Waals surface area contributed by atoms with Gasteiger partial charge in [0.25, 0.3) is 0 Å². The Bertz CT molecular complexity index is 319. The van der Waals surface area contributed by atoms with Gasteiger partial charge in [-0.15, -0.1) is 0 Å². The lowest BCUT2D eigenvalue weighted by Crippen LogP contribution is -1.87. The molecule has 0 saturated carbocycles. The van der Waals surface area contributed by atoms with Crippen LogP contribution >= 0.6 is 27.5 Å². The minimum absolute atomic E-state index is 0.00427. The van der Waals surface area contributed by atoms with E-state index in [1.54, 1.807) is 6.20 Å². The van der Waals surface area contributed by atoms with Crippen molar-refractivity contribution in [3.63, 3.8) is 0 Å². The maximum atomic E-state index is 6.93. The van der Waals surface area contributed by atoms with Crippen LogP contribution in [-0.4, -0.2) is 5.17 Å². The zero-order valence-electron chi connectivity index (χ0n) is 6.72. The molecule has 0 aliphatic carbocycles. The number of nitrogens with one attached hydrogen (secondary N) is 2. The van der Waals surface area contributed by atoms with Gasteiger partial charge in [0.1, 0.15) is 5.17 Å². The SMILES string of the molecule is N=C(Cl)/C=C\Nc1ccc(Br)cc1. The maximum Gasteiger partial charge on any atom is 0.122 e. The van der Waals surface area contributed by atoms with Crippen molar-refractivity contribution in [3.05, 3.63) is 41.0 Å². The molecule has 0 aromatic heterocycles. The predicted molar refractivity (Wildman–Crippen MR) is 60.5 cm³/mol. The van der Waals surface area contributed by atoms with Crippen LogP contribution in [0, 0.1) is 5.41 Å². The van der Waals surface area contributed by atoms with Crippen molar-refractivity contribution >= 4 is 38.4 Å². The molecule has 1 rings (SSSR count). The number of rotatable bonds is 3. The van der Waals surface area contributed by atoms with Gasteiger partial charge in [0.2, 0.25) is 0 Å². The van der Waals surface area contributed by atoms with Crippen LogP contribution in [-0.2, 0) is 0 Å². The summed E-state index contributed by atoms with van der Waals surface area (Å²) in [4.78, 5) is 0. The van der Waals surface area contributed by atoms with Gasteiger partial charge in [0.15, 0.2) is 0 Å². The van der Waals surface area contributed by atoms with Crippen LogP contribution < -0.4 is 5.32 Å². The first-order valence-corrected chi connectivity index (χ1v) is 4.78. The Balaban J connectivity index is 2.55. The molecule has 4 heteroatoms. The topological polar surface area (TPSA) is 35.9 Å². The van der Waals surface area contributed by atoms with E-state index in [-0.39, 0.29) is 5.17 Å². The molecule has 0 atom stereocenters. The second-order valence-electron chi connectivity index (χ2n) is 2.33. The number of benzene rings is 1. The van der Waals surface area contributed by atoms with Crippen molar-refractivity contribution < 1.29 is 0 Å². The van der Waals surface area contributed by atoms with Gasteiger partial charge in [-0.25, -0.2) is 0 Å². The highest BCUT2D eigenvalue weighted by atomic mass is 79.9. The molecule has 13 heavy (non-hydrogen) atoms. The van der Waals surface area contributed by atoms with Crippen molar-refractivity contribution in [2.24, 2.45) is 0 Å². The number of hydrogen-bond acceptors (Lipinski definition) is 2. The largest absolute Gasteiger partial charge is 0.362 e. The number of anilines is 1. The quantitative estimate of drug-likeness (QED) is 0.800. The van der Waals surface area contributed by atoms with E-state index >= 15 is 0 Å². The van der Waals surface area contributed by atoms with Crippen LogP contribution in [0.5, 0.6) is 0 Å². The number of hydrogen-bond donors (Lipinski definition) is 2. The van der Waals surface area contributed by atoms with Gasteiger partial charge in [-0.1, -0.05) is 27.5 Å². The second-order valence-corrected chi connectivity index (χ2v) is 3.66. The molecule has 2 N–H and O–H groups in total. The number of allylic oxidation sites excluding steroid dienone is 1. The van der Waals surface area contributed by atoms with E-state index < -0.39 is 0 Å². The molecule has 68 valence electrons. The summed E-state index contributed by atoms with van der Waals surface area (Å²) in [6.07, 6.45) is 3.10. The molecular formula is C9H8BrClN2. The zero-order valence-corrected chi connectivity index (χ0v) is 9.06. The molecule has 0 spiro atoms. The molecule has 0 fully saturated rings. The van der Waals surface area contributed by atoms with Gasteiger partial charge >= 0.3 is 0 Å². The normalized spacial score (nSPS) is 10.3. The van der Waals surface area contributed by atoms with Crippen molar-refractivity contribution in [1.29, 1.82) is 5.41 Å². The summed E-state index contributed by atoms with van der Waals surface area (Å²) in [6, 6.07) is 7.71. The van der Waals surface area contributed by atoms with Crippen LogP contribution in [0.3, 0.4) is 0 Å². The first-order valence-electron chi connectivity index (χ1n) is 3.61. The highest BCUT2D eigenvalue weighted by Crippen LogP contribution is 2.13. The molecule has 0 saturated heterocycles. The van der Waals surface area contributed by atoms with Gasteiger partial charge in [-0.05, 0) is 30.3 Å². The minimum atomic E-state index is 0.00427. The average molecular weight is 260 g/mol. The monoisotopic (exact) mass is 258 g/mol. The molecule has 0 bridgehead atoms. The van der Waals surface area contributed by atoms with E-state index in [2.05, 4.69) is 21.2 Å². The van der Waals surface area contributed by atoms with Crippen LogP contribution in [0.4, 0.5) is 5.69 Å². The van der Waals surface area contributed by atoms with Crippen molar-refractivity contribution in [3.8, 4) is 0 Å². The molecule has 0 aliphatic rings. The summed E-state index contributed by atoms with van der Waals surface area (Å²) in [5.41, 5.74) is 0.956. The molecule has 1 aromatic rings. The minimum Gasteiger partial charge on any atom is -0.362 e. The van der Waals surface area contributed by atoms with E-state index in [9.17, 15) is 0 Å². The fraction of sp³-hybridized carbons (Fsp3) is 0. The summed E-state index contributed by atoms with van der Waals surface area (Å²) >= 11 is 8.65. The summed E-state index contributed by atoms with van der Waals surface area (Å²) in [5, 5.41) is 9.91. The summed E-state index contributed by atoms with van der Waals surface area (Å²) in [6.45, 7) is 0. The number of halogens is 2. The van der Waals surface area contributed by atoms with Crippen LogP contribution in [0.1, 0.15) is 0 Å². The highest BCUT2D eigenvalue weighted by Gasteiger charge is 1.87. The smallest absolute Gasteiger partial charge is 0.122 e. The zero-order chi connectivity index (χ0) is 9.68. The van der Waals surface area contributed by atoms with Gasteiger partial charge in [0, 0.05) is 16.4 Å². The van der Waals surface area contributed by atoms with Crippen molar-refractivity contribution in [2.45, 2.75) is 0 Å². The molecule has 0 aliphatic heterocycles. The van der Waals surface area contributed by atoms with Gasteiger partial charge in [-0.3, -0.25) is 5.41 Å². The Kier molecular flexibility index (Phi) is 3.99. The summed E-state index contributed by atoms with van der Waals surface area (Å²) in [5.74, 6) is 0. The second kappa shape index (κ2) is 5.04. The third kappa shape index (κ3) is 4.10. The molecule has 0 heterocycles. The Hall–Kier alpha value is -0.800. The van der Waals surface area contributed by atoms with E-state index in [0.717, 1.165) is 10.2 Å². The van der Waals surface area contributed by atoms with E-state index in [1.807, 2.05) is 24.3 Å². The Morgan fingerprint density at radius 1 is 1.38 bits per heavy atom.